The molecule has 0 bridgehead atoms. The number of nitrogens with one attached hydrogen (secondary N) is 1. The normalized spacial score (nSPS) is 11.3. The van der Waals surface area contributed by atoms with Gasteiger partial charge in [-0.25, -0.2) is 17.9 Å². The van der Waals surface area contributed by atoms with E-state index < -0.39 is 16.0 Å². The molecular formula is C13H14N2O5S. The number of methoxy groups -OCH3 is 1. The summed E-state index contributed by atoms with van der Waals surface area (Å²) < 4.78 is 36.4. The molecule has 112 valence electrons. The Hall–Kier alpha value is -2.32. The van der Waals surface area contributed by atoms with Gasteiger partial charge in [0, 0.05) is 17.8 Å². The number of carbonyl (C=O) groups is 1. The number of anilines is 1. The van der Waals surface area contributed by atoms with Crippen LogP contribution in [0.1, 0.15) is 15.9 Å². The zero-order chi connectivity index (χ0) is 15.5. The van der Waals surface area contributed by atoms with Crippen LogP contribution in [0, 0.1) is 0 Å². The van der Waals surface area contributed by atoms with Crippen LogP contribution in [0.5, 0.6) is 0 Å². The maximum atomic E-state index is 12.3. The molecule has 21 heavy (non-hydrogen) atoms. The van der Waals surface area contributed by atoms with Crippen molar-refractivity contribution in [3.8, 4) is 0 Å². The predicted molar refractivity (Wildman–Crippen MR) is 74.9 cm³/mol. The van der Waals surface area contributed by atoms with E-state index in [2.05, 4.69) is 9.46 Å². The van der Waals surface area contributed by atoms with E-state index in [1.165, 1.54) is 37.8 Å². The van der Waals surface area contributed by atoms with E-state index in [1.54, 1.807) is 6.07 Å². The van der Waals surface area contributed by atoms with Crippen LogP contribution < -0.4 is 10.5 Å². The van der Waals surface area contributed by atoms with Crippen molar-refractivity contribution >= 4 is 21.7 Å². The molecule has 3 N–H and O–H groups in total. The van der Waals surface area contributed by atoms with E-state index in [1.807, 2.05) is 0 Å². The van der Waals surface area contributed by atoms with Gasteiger partial charge in [0.1, 0.15) is 0 Å². The van der Waals surface area contributed by atoms with Crippen molar-refractivity contribution in [3.63, 3.8) is 0 Å². The maximum Gasteiger partial charge on any atom is 0.339 e. The smallest absolute Gasteiger partial charge is 0.339 e. The second-order valence-corrected chi connectivity index (χ2v) is 5.94. The van der Waals surface area contributed by atoms with Gasteiger partial charge >= 0.3 is 5.97 Å². The second kappa shape index (κ2) is 5.98. The minimum Gasteiger partial charge on any atom is -0.472 e. The van der Waals surface area contributed by atoms with E-state index in [4.69, 9.17) is 10.2 Å². The molecule has 0 unspecified atom stereocenters. The average molecular weight is 310 g/mol. The summed E-state index contributed by atoms with van der Waals surface area (Å²) in [5.41, 5.74) is 6.39. The highest BCUT2D eigenvalue weighted by Crippen LogP contribution is 2.20. The standard InChI is InChI=1S/C13H14N2O5S/c1-19-13(16)11-6-10(14)2-3-12(11)21(17,18)15-7-9-4-5-20-8-9/h2-6,8,15H,7,14H2,1H3. The Balaban J connectivity index is 2.33. The molecule has 0 saturated carbocycles. The van der Waals surface area contributed by atoms with Gasteiger partial charge in [-0.05, 0) is 24.3 Å². The number of hydrogen-bond acceptors (Lipinski definition) is 6. The number of sulfonamides is 1. The highest BCUT2D eigenvalue weighted by atomic mass is 32.2. The molecule has 1 heterocycles. The predicted octanol–water partition coefficient (Wildman–Crippen LogP) is 1.13. The van der Waals surface area contributed by atoms with Crippen molar-refractivity contribution in [1.29, 1.82) is 0 Å². The number of carbonyl (C=O) groups excluding carboxylic acids is 1. The molecule has 0 atom stereocenters. The van der Waals surface area contributed by atoms with Crippen LogP contribution in [0.15, 0.2) is 46.1 Å². The monoisotopic (exact) mass is 310 g/mol. The molecule has 0 spiro atoms. The Morgan fingerprint density at radius 2 is 2.14 bits per heavy atom. The molecule has 8 heteroatoms. The van der Waals surface area contributed by atoms with Crippen molar-refractivity contribution < 1.29 is 22.4 Å². The lowest BCUT2D eigenvalue weighted by Crippen LogP contribution is -2.25. The Bertz CT molecular complexity index is 738. The first-order chi connectivity index (χ1) is 9.94. The summed E-state index contributed by atoms with van der Waals surface area (Å²) in [6.07, 6.45) is 2.86. The van der Waals surface area contributed by atoms with Gasteiger partial charge in [0.2, 0.25) is 10.0 Å². The third-order valence-electron chi connectivity index (χ3n) is 2.74. The average Bonchev–Trinajstić information content (AvgIpc) is 2.97. The molecular weight excluding hydrogens is 296 g/mol. The Kier molecular flexibility index (Phi) is 4.29. The van der Waals surface area contributed by atoms with E-state index in [0.29, 0.717) is 5.56 Å². The molecule has 0 aliphatic heterocycles. The summed E-state index contributed by atoms with van der Waals surface area (Å²) in [6, 6.07) is 5.56. The third kappa shape index (κ3) is 3.41. The first-order valence-electron chi connectivity index (χ1n) is 5.92. The van der Waals surface area contributed by atoms with Gasteiger partial charge in [-0.2, -0.15) is 0 Å². The lowest BCUT2D eigenvalue weighted by molar-refractivity contribution is 0.0596. The molecule has 2 rings (SSSR count). The van der Waals surface area contributed by atoms with Crippen molar-refractivity contribution in [3.05, 3.63) is 47.9 Å². The molecule has 2 aromatic rings. The van der Waals surface area contributed by atoms with Crippen LogP contribution in [0.25, 0.3) is 0 Å². The van der Waals surface area contributed by atoms with Crippen molar-refractivity contribution in [2.24, 2.45) is 0 Å². The fourth-order valence-corrected chi connectivity index (χ4v) is 2.89. The summed E-state index contributed by atoms with van der Waals surface area (Å²) in [5.74, 6) is -0.772. The van der Waals surface area contributed by atoms with Gasteiger partial charge in [0.05, 0.1) is 30.1 Å². The molecule has 0 radical (unpaired) electrons. The topological polar surface area (TPSA) is 112 Å². The number of esters is 1. The number of nitrogens with two attached hydrogens (primary N) is 1. The molecule has 1 aromatic carbocycles. The van der Waals surface area contributed by atoms with Crippen LogP contribution in [-0.4, -0.2) is 21.5 Å². The quantitative estimate of drug-likeness (QED) is 0.632. The van der Waals surface area contributed by atoms with Gasteiger partial charge in [-0.3, -0.25) is 0 Å². The largest absolute Gasteiger partial charge is 0.472 e. The van der Waals surface area contributed by atoms with Crippen molar-refractivity contribution in [1.82, 2.24) is 4.72 Å². The Morgan fingerprint density at radius 1 is 1.38 bits per heavy atom. The minimum absolute atomic E-state index is 0.0455. The maximum absolute atomic E-state index is 12.3. The molecule has 0 fully saturated rings. The number of benzene rings is 1. The summed E-state index contributed by atoms with van der Waals surface area (Å²) in [6.45, 7) is 0.0455. The SMILES string of the molecule is COC(=O)c1cc(N)ccc1S(=O)(=O)NCc1ccoc1. The number of ether oxygens (including phenoxy) is 1. The highest BCUT2D eigenvalue weighted by molar-refractivity contribution is 7.89. The summed E-state index contributed by atoms with van der Waals surface area (Å²) >= 11 is 0. The fourth-order valence-electron chi connectivity index (χ4n) is 1.70. The molecule has 1 aromatic heterocycles. The lowest BCUT2D eigenvalue weighted by Gasteiger charge is -2.10. The number of rotatable bonds is 5. The zero-order valence-corrected chi connectivity index (χ0v) is 12.0. The van der Waals surface area contributed by atoms with Crippen LogP contribution in [0.3, 0.4) is 0 Å². The van der Waals surface area contributed by atoms with Gasteiger partial charge in [0.25, 0.3) is 0 Å². The Labute approximate surface area is 121 Å². The fraction of sp³-hybridized carbons (Fsp3) is 0.154. The highest BCUT2D eigenvalue weighted by Gasteiger charge is 2.23. The number of nitrogen functional groups attached to an aromatic ring is 1. The molecule has 0 amide bonds. The first-order valence-corrected chi connectivity index (χ1v) is 7.41. The van der Waals surface area contributed by atoms with Gasteiger partial charge in [-0.1, -0.05) is 0 Å². The molecule has 0 saturated heterocycles. The van der Waals surface area contributed by atoms with Crippen LogP contribution in [-0.2, 0) is 21.3 Å². The van der Waals surface area contributed by atoms with Crippen molar-refractivity contribution in [2.75, 3.05) is 12.8 Å². The summed E-state index contributed by atoms with van der Waals surface area (Å²) in [5, 5.41) is 0. The van der Waals surface area contributed by atoms with E-state index in [9.17, 15) is 13.2 Å². The molecule has 7 nitrogen and oxygen atoms in total. The number of hydrogen-bond donors (Lipinski definition) is 2. The molecule has 0 aliphatic carbocycles. The first kappa shape index (κ1) is 15.1. The third-order valence-corrected chi connectivity index (χ3v) is 4.20. The van der Waals surface area contributed by atoms with Crippen LogP contribution in [0.4, 0.5) is 5.69 Å². The minimum atomic E-state index is -3.89. The zero-order valence-electron chi connectivity index (χ0n) is 11.2. The Morgan fingerprint density at radius 3 is 2.76 bits per heavy atom. The van der Waals surface area contributed by atoms with Gasteiger partial charge < -0.3 is 14.9 Å². The van der Waals surface area contributed by atoms with Crippen LogP contribution in [0.2, 0.25) is 0 Å². The van der Waals surface area contributed by atoms with E-state index >= 15 is 0 Å². The lowest BCUT2D eigenvalue weighted by atomic mass is 10.2. The van der Waals surface area contributed by atoms with Crippen molar-refractivity contribution in [2.45, 2.75) is 11.4 Å². The van der Waals surface area contributed by atoms with Gasteiger partial charge in [-0.15, -0.1) is 0 Å². The number of furan rings is 1. The van der Waals surface area contributed by atoms with Crippen LogP contribution >= 0.6 is 0 Å². The second-order valence-electron chi connectivity index (χ2n) is 4.20. The van der Waals surface area contributed by atoms with E-state index in [0.717, 1.165) is 0 Å². The summed E-state index contributed by atoms with van der Waals surface area (Å²) in [7, 11) is -2.72. The van der Waals surface area contributed by atoms with E-state index in [-0.39, 0.29) is 22.7 Å². The molecule has 0 aliphatic rings. The summed E-state index contributed by atoms with van der Waals surface area (Å²) in [4.78, 5) is 11.5. The van der Waals surface area contributed by atoms with Gasteiger partial charge in [0.15, 0.2) is 0 Å².